The Balaban J connectivity index is 0.000000118. The number of fused-ring (bicyclic) bond motifs is 10. The van der Waals surface area contributed by atoms with Crippen molar-refractivity contribution in [3.05, 3.63) is 334 Å². The maximum atomic E-state index is 12.8. The molecule has 0 spiro atoms. The largest absolute Gasteiger partial charge is 0.397 e. The molecule has 0 unspecified atom stereocenters. The van der Waals surface area contributed by atoms with Gasteiger partial charge in [-0.2, -0.15) is 0 Å². The quantitative estimate of drug-likeness (QED) is 0.0308. The van der Waals surface area contributed by atoms with E-state index in [2.05, 4.69) is 280 Å². The predicted octanol–water partition coefficient (Wildman–Crippen LogP) is 28.8. The number of carbonyl (C=O) groups is 5. The Morgan fingerprint density at radius 1 is 0.259 bits per heavy atom. The van der Waals surface area contributed by atoms with E-state index in [-0.39, 0.29) is 55.1 Å². The molecule has 22 heteroatoms. The molecule has 17 aromatic rings. The summed E-state index contributed by atoms with van der Waals surface area (Å²) in [6.07, 6.45) is 9.55. The van der Waals surface area contributed by atoms with Gasteiger partial charge in [-0.25, -0.2) is 16.4 Å². The highest BCUT2D eigenvalue weighted by Crippen LogP contribution is 2.52. The van der Waals surface area contributed by atoms with Crippen LogP contribution in [0.3, 0.4) is 0 Å². The van der Waals surface area contributed by atoms with Crippen LogP contribution in [0.2, 0.25) is 0 Å². The Bertz CT molecular complexity index is 7650. The minimum Gasteiger partial charge on any atom is -0.397 e. The third-order valence-corrected chi connectivity index (χ3v) is 32.8. The maximum Gasteiger partial charge on any atom is 0.291 e. The molecule has 5 amide bonds. The number of amides is 5. The lowest BCUT2D eigenvalue weighted by molar-refractivity contribution is 0.0697. The fourth-order valence-electron chi connectivity index (χ4n) is 21.0. The lowest BCUT2D eigenvalue weighted by Crippen LogP contribution is -2.33. The molecule has 3 aliphatic carbocycles. The summed E-state index contributed by atoms with van der Waals surface area (Å²) in [7, 11) is 0. The van der Waals surface area contributed by atoms with Gasteiger partial charge in [0.25, 0.3) is 29.5 Å². The predicted molar refractivity (Wildman–Crippen MR) is 587 cm³/mol. The number of benzene rings is 12. The number of hydrogen-bond donors (Lipinski definition) is 15. The molecular weight excluding hydrogens is 1810 g/mol. The Hall–Kier alpha value is -14.1. The summed E-state index contributed by atoms with van der Waals surface area (Å²) in [5.74, 6) is 0.380. The Morgan fingerprint density at radius 3 is 0.986 bits per heavy atom. The van der Waals surface area contributed by atoms with E-state index in [1.165, 1.54) is 139 Å². The van der Waals surface area contributed by atoms with Gasteiger partial charge in [-0.15, -0.1) is 23.5 Å². The zero-order valence-electron chi connectivity index (χ0n) is 84.3. The van der Waals surface area contributed by atoms with E-state index in [4.69, 9.17) is 27.1 Å². The molecule has 732 valence electrons. The van der Waals surface area contributed by atoms with Gasteiger partial charge in [0, 0.05) is 86.8 Å². The highest BCUT2D eigenvalue weighted by molar-refractivity contribution is 7.99. The first-order valence-corrected chi connectivity index (χ1v) is 51.2. The van der Waals surface area contributed by atoms with Crippen LogP contribution in [0.25, 0.3) is 110 Å². The number of nitrogen functional groups attached to an aromatic ring is 2. The summed E-state index contributed by atoms with van der Waals surface area (Å²) in [4.78, 5) is 79.5. The highest BCUT2D eigenvalue weighted by Gasteiger charge is 2.41. The molecule has 143 heavy (non-hydrogen) atoms. The molecule has 0 saturated carbocycles. The number of hydroxylamine groups is 3. The molecule has 7 heterocycles. The van der Waals surface area contributed by atoms with Crippen molar-refractivity contribution in [1.29, 1.82) is 0 Å². The zero-order chi connectivity index (χ0) is 101. The van der Waals surface area contributed by atoms with E-state index in [0.29, 0.717) is 51.0 Å². The average molecular weight is 1940 g/mol. The van der Waals surface area contributed by atoms with E-state index >= 15 is 0 Å². The number of hydrogen-bond acceptors (Lipinski definition) is 12. The second kappa shape index (κ2) is 38.6. The smallest absolute Gasteiger partial charge is 0.291 e. The van der Waals surface area contributed by atoms with Gasteiger partial charge in [0.1, 0.15) is 17.1 Å². The van der Waals surface area contributed by atoms with Gasteiger partial charge in [0.05, 0.1) is 22.7 Å². The SMILES string of the molecule is CC1(C)CCC(C)(C)c2cc(-c3cc4ccc(C(=O)Nc5ccccc5N)cc4[nH]3)ccc21.CC1(C)CCC(C)(C)c2cc(-c3ccc4cc(C(=O)NO)[nH]c4c3)ccc21.CC1(C)CCC(C)(C)c2cc(-c3ccc4cc(C(=O)Nc5ccccc5N)[nH]c4c3)ccc21.CC1(C)CCSc2ccc(-c3cc4cc(C(=O)NO)ccc4[nH]3)cc21.CC1(C)CCSc2ccc(-c3ccc4cc(C(=O)NO)[nH]c4c3)cc21. The molecule has 5 aromatic heterocycles. The minimum atomic E-state index is -0.537. The summed E-state index contributed by atoms with van der Waals surface area (Å²) in [5, 5.41) is 37.1. The van der Waals surface area contributed by atoms with E-state index in [0.717, 1.165) is 88.2 Å². The second-order valence-corrected chi connectivity index (χ2v) is 46.6. The third kappa shape index (κ3) is 20.4. The molecular formula is C121H128N12O8S2. The number of H-pyrrole nitrogens is 5. The highest BCUT2D eigenvalue weighted by atomic mass is 32.2. The van der Waals surface area contributed by atoms with E-state index in [1.807, 2.05) is 102 Å². The first kappa shape index (κ1) is 99.0. The van der Waals surface area contributed by atoms with Crippen LogP contribution in [-0.4, -0.2) is 81.6 Å². The molecule has 22 rings (SSSR count). The van der Waals surface area contributed by atoms with Crippen molar-refractivity contribution in [1.82, 2.24) is 41.4 Å². The summed E-state index contributed by atoms with van der Waals surface area (Å²) < 4.78 is 0. The van der Waals surface area contributed by atoms with Crippen molar-refractivity contribution >= 4 is 130 Å². The minimum absolute atomic E-state index is 0.164. The van der Waals surface area contributed by atoms with Crippen molar-refractivity contribution in [3.63, 3.8) is 0 Å². The lowest BCUT2D eigenvalue weighted by atomic mass is 9.63. The summed E-state index contributed by atoms with van der Waals surface area (Å²) in [5.41, 5.74) is 50.5. The topological polar surface area (TPSA) is 337 Å². The number of aromatic nitrogens is 5. The fourth-order valence-corrected chi connectivity index (χ4v) is 24.0. The molecule has 5 aliphatic rings. The third-order valence-electron chi connectivity index (χ3n) is 30.7. The van der Waals surface area contributed by atoms with Gasteiger partial charge < -0.3 is 47.0 Å². The molecule has 0 fully saturated rings. The monoisotopic (exact) mass is 1940 g/mol. The van der Waals surface area contributed by atoms with Gasteiger partial charge in [0.2, 0.25) is 0 Å². The Morgan fingerprint density at radius 2 is 0.559 bits per heavy atom. The van der Waals surface area contributed by atoms with Crippen LogP contribution in [0, 0.1) is 0 Å². The van der Waals surface area contributed by atoms with Crippen LogP contribution < -0.4 is 38.5 Å². The number of rotatable bonds is 12. The number of aromatic amines is 5. The van der Waals surface area contributed by atoms with E-state index < -0.39 is 17.7 Å². The molecule has 12 aromatic carbocycles. The number of nitrogens with one attached hydrogen (secondary N) is 10. The molecule has 0 saturated heterocycles. The van der Waals surface area contributed by atoms with Crippen molar-refractivity contribution in [2.24, 2.45) is 0 Å². The van der Waals surface area contributed by atoms with Crippen LogP contribution in [0.1, 0.15) is 259 Å². The first-order chi connectivity index (χ1) is 67.9. The van der Waals surface area contributed by atoms with Crippen molar-refractivity contribution < 1.29 is 39.6 Å². The fraction of sp³-hybridized carbons (Fsp3) is 0.281. The molecule has 20 nitrogen and oxygen atoms in total. The van der Waals surface area contributed by atoms with E-state index in [1.54, 1.807) is 65.0 Å². The number of nitrogens with two attached hydrogens (primary N) is 2. The zero-order valence-corrected chi connectivity index (χ0v) is 85.9. The van der Waals surface area contributed by atoms with Crippen LogP contribution in [-0.2, 0) is 43.3 Å². The second-order valence-electron chi connectivity index (χ2n) is 44.3. The summed E-state index contributed by atoms with van der Waals surface area (Å²) in [6, 6.07) is 87.8. The lowest BCUT2D eigenvalue weighted by Gasteiger charge is -2.42. The van der Waals surface area contributed by atoms with Crippen molar-refractivity contribution in [2.75, 3.05) is 33.6 Å². The maximum absolute atomic E-state index is 12.8. The number of carbonyl (C=O) groups excluding carboxylic acids is 5. The Labute approximate surface area is 843 Å². The van der Waals surface area contributed by atoms with Crippen LogP contribution in [0.4, 0.5) is 22.7 Å². The van der Waals surface area contributed by atoms with Gasteiger partial charge in [-0.3, -0.25) is 39.6 Å². The molecule has 0 radical (unpaired) electrons. The molecule has 0 atom stereocenters. The van der Waals surface area contributed by atoms with Crippen molar-refractivity contribution in [3.8, 4) is 55.9 Å². The number of anilines is 4. The van der Waals surface area contributed by atoms with E-state index in [9.17, 15) is 24.0 Å². The van der Waals surface area contributed by atoms with Gasteiger partial charge in [-0.05, 0) is 329 Å². The number of thioether (sulfide) groups is 2. The van der Waals surface area contributed by atoms with Crippen LogP contribution >= 0.6 is 23.5 Å². The Kier molecular flexibility index (Phi) is 26.7. The van der Waals surface area contributed by atoms with Gasteiger partial charge in [0.15, 0.2) is 0 Å². The molecule has 0 bridgehead atoms. The molecule has 2 aliphatic heterocycles. The standard InChI is InChI=1S/2C29H31N3O.C23H26N2O2.2C20H20N2O2S/c1-28(2)13-14-29(3,4)22-15-18(11-12-21(22)28)25-16-19-9-10-20(17-26(19)31-25)27(33)32-24-8-6-5-7-23(24)30;1-28(2)13-14-29(3,4)22-15-18(11-12-21(22)28)19-9-10-20-17-26(31-25(20)16-19)27(33)32-24-8-6-5-7-23(24)30;1-22(2)9-10-23(3,4)18-11-14(7-8-17(18)22)15-5-6-16-13-20(21(26)25-27)24-19(16)12-15;1-20(2)7-8-25-18-6-4-12(10-15(18)20)17-11-14-9-13(19(23)22-24)3-5-16(14)21-17;1-20(2)7-8-25-18-6-5-12(9-15(18)20)13-3-4-14-11-17(19(23)22-24)21-16(14)10-13/h2*5-12,15-17,31H,13-14,30H2,1-4H3,(H,32,33);5-8,11-13,24,27H,9-10H2,1-4H3,(H,25,26);2*3-6,9-11,21,24H,7-8H2,1-2H3,(H,22,23). The summed E-state index contributed by atoms with van der Waals surface area (Å²) >= 11 is 3.86. The van der Waals surface area contributed by atoms with Gasteiger partial charge >= 0.3 is 0 Å². The molecule has 17 N–H and O–H groups in total. The van der Waals surface area contributed by atoms with Crippen molar-refractivity contribution in [2.45, 2.75) is 215 Å². The van der Waals surface area contributed by atoms with Gasteiger partial charge in [-0.1, -0.05) is 238 Å². The summed E-state index contributed by atoms with van der Waals surface area (Å²) in [6.45, 7) is 37.3. The first-order valence-electron chi connectivity index (χ1n) is 49.3. The van der Waals surface area contributed by atoms with Crippen LogP contribution in [0.5, 0.6) is 0 Å². The number of para-hydroxylation sites is 4. The average Bonchev–Trinajstić information content (AvgIpc) is 1.38. The normalized spacial score (nSPS) is 16.4. The van der Waals surface area contributed by atoms with Crippen LogP contribution in [0.15, 0.2) is 271 Å².